The lowest BCUT2D eigenvalue weighted by molar-refractivity contribution is -0.167. The molecule has 0 aliphatic carbocycles. The lowest BCUT2D eigenvalue weighted by atomic mass is 10.1. The van der Waals surface area contributed by atoms with Gasteiger partial charge in [-0.2, -0.15) is 18.3 Å². The first kappa shape index (κ1) is 19.5. The van der Waals surface area contributed by atoms with Gasteiger partial charge in [0.05, 0.1) is 5.71 Å². The van der Waals surface area contributed by atoms with Crippen LogP contribution in [0.25, 0.3) is 0 Å². The molecule has 0 spiro atoms. The first-order valence-corrected chi connectivity index (χ1v) is 7.63. The van der Waals surface area contributed by atoms with Gasteiger partial charge >= 0.3 is 12.1 Å². The Balaban J connectivity index is 2.09. The fraction of sp³-hybridized carbons (Fsp3) is 0.118. The van der Waals surface area contributed by atoms with E-state index in [-0.39, 0.29) is 5.69 Å². The largest absolute Gasteiger partial charge is 0.471 e. The van der Waals surface area contributed by atoms with Crippen LogP contribution >= 0.6 is 11.6 Å². The monoisotopic (exact) mass is 383 g/mol. The molecule has 0 heterocycles. The molecule has 0 unspecified atom stereocenters. The summed E-state index contributed by atoms with van der Waals surface area (Å²) in [4.78, 5) is 22.9. The minimum Gasteiger partial charge on any atom is -0.318 e. The first-order chi connectivity index (χ1) is 12.2. The number of hydrogen-bond acceptors (Lipinski definition) is 3. The minimum absolute atomic E-state index is 0.0385. The van der Waals surface area contributed by atoms with Crippen molar-refractivity contribution in [1.29, 1.82) is 0 Å². The number of carbonyl (C=O) groups excluding carboxylic acids is 2. The number of halogens is 4. The summed E-state index contributed by atoms with van der Waals surface area (Å²) < 4.78 is 36.9. The van der Waals surface area contributed by atoms with Gasteiger partial charge in [0.25, 0.3) is 5.91 Å². The summed E-state index contributed by atoms with van der Waals surface area (Å²) in [6, 6.07) is 11.8. The van der Waals surface area contributed by atoms with Crippen molar-refractivity contribution in [3.63, 3.8) is 0 Å². The molecular weight excluding hydrogens is 371 g/mol. The van der Waals surface area contributed by atoms with Crippen molar-refractivity contribution in [3.8, 4) is 0 Å². The maximum absolute atomic E-state index is 12.3. The molecule has 0 radical (unpaired) electrons. The van der Waals surface area contributed by atoms with Gasteiger partial charge in [0.2, 0.25) is 0 Å². The van der Waals surface area contributed by atoms with Crippen molar-refractivity contribution < 1.29 is 22.8 Å². The van der Waals surface area contributed by atoms with Crippen molar-refractivity contribution in [2.24, 2.45) is 5.10 Å². The lowest BCUT2D eigenvalue weighted by Gasteiger charge is -2.09. The van der Waals surface area contributed by atoms with E-state index in [4.69, 9.17) is 11.6 Å². The fourth-order valence-electron chi connectivity index (χ4n) is 1.89. The van der Waals surface area contributed by atoms with E-state index in [0.717, 1.165) is 0 Å². The van der Waals surface area contributed by atoms with Gasteiger partial charge in [-0.15, -0.1) is 0 Å². The summed E-state index contributed by atoms with van der Waals surface area (Å²) >= 11 is 5.74. The van der Waals surface area contributed by atoms with E-state index in [0.29, 0.717) is 21.9 Å². The standard InChI is InChI=1S/C17H13ClF3N3O2/c1-10(23-24-15(25)11-5-7-13(18)8-6-11)12-3-2-4-14(9-12)22-16(26)17(19,20)21/h2-9H,1H3,(H,22,26)(H,24,25). The van der Waals surface area contributed by atoms with Crippen LogP contribution in [0.1, 0.15) is 22.8 Å². The van der Waals surface area contributed by atoms with Crippen molar-refractivity contribution in [2.45, 2.75) is 13.1 Å². The molecular formula is C17H13ClF3N3O2. The van der Waals surface area contributed by atoms with E-state index in [9.17, 15) is 22.8 Å². The molecule has 2 aromatic carbocycles. The number of amides is 2. The molecule has 0 saturated heterocycles. The van der Waals surface area contributed by atoms with E-state index in [2.05, 4.69) is 10.5 Å². The minimum atomic E-state index is -4.98. The third kappa shape index (κ3) is 5.32. The zero-order valence-corrected chi connectivity index (χ0v) is 14.2. The zero-order valence-electron chi connectivity index (χ0n) is 13.4. The Morgan fingerprint density at radius 1 is 1.04 bits per heavy atom. The molecule has 5 nitrogen and oxygen atoms in total. The Bertz CT molecular complexity index is 849. The number of nitrogens with zero attached hydrogens (tertiary/aromatic N) is 1. The van der Waals surface area contributed by atoms with Crippen LogP contribution in [-0.4, -0.2) is 23.7 Å². The molecule has 136 valence electrons. The van der Waals surface area contributed by atoms with Crippen LogP contribution in [0.4, 0.5) is 18.9 Å². The number of hydrogen-bond donors (Lipinski definition) is 2. The molecule has 2 aromatic rings. The Hall–Kier alpha value is -2.87. The van der Waals surface area contributed by atoms with Gasteiger partial charge in [0.1, 0.15) is 0 Å². The number of rotatable bonds is 4. The van der Waals surface area contributed by atoms with Crippen molar-refractivity contribution in [1.82, 2.24) is 5.43 Å². The smallest absolute Gasteiger partial charge is 0.318 e. The highest BCUT2D eigenvalue weighted by atomic mass is 35.5. The highest BCUT2D eigenvalue weighted by molar-refractivity contribution is 6.30. The summed E-state index contributed by atoms with van der Waals surface area (Å²) in [7, 11) is 0. The molecule has 9 heteroatoms. The summed E-state index contributed by atoms with van der Waals surface area (Å²) in [5, 5.41) is 6.15. The Morgan fingerprint density at radius 3 is 2.31 bits per heavy atom. The fourth-order valence-corrected chi connectivity index (χ4v) is 2.01. The van der Waals surface area contributed by atoms with Crippen LogP contribution in [-0.2, 0) is 4.79 Å². The van der Waals surface area contributed by atoms with Gasteiger partial charge in [-0.05, 0) is 48.9 Å². The number of hydrazone groups is 1. The van der Waals surface area contributed by atoms with Crippen molar-refractivity contribution in [3.05, 3.63) is 64.7 Å². The molecule has 2 N–H and O–H groups in total. The van der Waals surface area contributed by atoms with Crippen molar-refractivity contribution >= 4 is 34.8 Å². The van der Waals surface area contributed by atoms with E-state index >= 15 is 0 Å². The Kier molecular flexibility index (Phi) is 5.99. The number of nitrogens with one attached hydrogen (secondary N) is 2. The van der Waals surface area contributed by atoms with E-state index in [1.807, 2.05) is 0 Å². The molecule has 0 bridgehead atoms. The average Bonchev–Trinajstić information content (AvgIpc) is 2.59. The average molecular weight is 384 g/mol. The molecule has 0 atom stereocenters. The van der Waals surface area contributed by atoms with E-state index in [1.165, 1.54) is 30.3 Å². The third-order valence-electron chi connectivity index (χ3n) is 3.23. The van der Waals surface area contributed by atoms with Crippen LogP contribution in [0.2, 0.25) is 5.02 Å². The molecule has 2 rings (SSSR count). The highest BCUT2D eigenvalue weighted by Gasteiger charge is 2.38. The highest BCUT2D eigenvalue weighted by Crippen LogP contribution is 2.19. The van der Waals surface area contributed by atoms with Gasteiger partial charge < -0.3 is 5.32 Å². The second-order valence-electron chi connectivity index (χ2n) is 5.18. The second-order valence-corrected chi connectivity index (χ2v) is 5.61. The number of carbonyl (C=O) groups is 2. The van der Waals surface area contributed by atoms with Gasteiger partial charge in [-0.25, -0.2) is 5.43 Å². The van der Waals surface area contributed by atoms with Crippen molar-refractivity contribution in [2.75, 3.05) is 5.32 Å². The topological polar surface area (TPSA) is 70.6 Å². The van der Waals surface area contributed by atoms with Crippen LogP contribution < -0.4 is 10.7 Å². The predicted molar refractivity (Wildman–Crippen MR) is 92.3 cm³/mol. The van der Waals surface area contributed by atoms with E-state index in [1.54, 1.807) is 30.4 Å². The molecule has 26 heavy (non-hydrogen) atoms. The Labute approximate surface area is 151 Å². The van der Waals surface area contributed by atoms with Gasteiger partial charge in [0.15, 0.2) is 0 Å². The van der Waals surface area contributed by atoms with Crippen LogP contribution in [0.15, 0.2) is 53.6 Å². The SMILES string of the molecule is CC(=NNC(=O)c1ccc(Cl)cc1)c1cccc(NC(=O)C(F)(F)F)c1. The third-order valence-corrected chi connectivity index (χ3v) is 3.48. The number of alkyl halides is 3. The van der Waals surface area contributed by atoms with Gasteiger partial charge in [0, 0.05) is 16.3 Å². The predicted octanol–water partition coefficient (Wildman–Crippen LogP) is 3.99. The molecule has 0 aliphatic heterocycles. The Morgan fingerprint density at radius 2 is 1.69 bits per heavy atom. The molecule has 0 saturated carbocycles. The number of anilines is 1. The van der Waals surface area contributed by atoms with Gasteiger partial charge in [-0.3, -0.25) is 9.59 Å². The normalized spacial score (nSPS) is 11.8. The molecule has 0 aromatic heterocycles. The van der Waals surface area contributed by atoms with Crippen LogP contribution in [0, 0.1) is 0 Å². The quantitative estimate of drug-likeness (QED) is 0.619. The zero-order chi connectivity index (χ0) is 19.3. The summed E-state index contributed by atoms with van der Waals surface area (Å²) in [6.07, 6.45) is -4.98. The number of benzene rings is 2. The van der Waals surface area contributed by atoms with E-state index < -0.39 is 18.0 Å². The van der Waals surface area contributed by atoms with Gasteiger partial charge in [-0.1, -0.05) is 23.7 Å². The van der Waals surface area contributed by atoms with Crippen LogP contribution in [0.3, 0.4) is 0 Å². The van der Waals surface area contributed by atoms with Crippen LogP contribution in [0.5, 0.6) is 0 Å². The second kappa shape index (κ2) is 8.01. The first-order valence-electron chi connectivity index (χ1n) is 7.25. The summed E-state index contributed by atoms with van der Waals surface area (Å²) in [6.45, 7) is 1.56. The molecule has 0 fully saturated rings. The molecule has 0 aliphatic rings. The summed E-state index contributed by atoms with van der Waals surface area (Å²) in [5.41, 5.74) is 3.42. The lowest BCUT2D eigenvalue weighted by Crippen LogP contribution is -2.29. The molecule has 2 amide bonds. The summed E-state index contributed by atoms with van der Waals surface area (Å²) in [5.74, 6) is -2.54. The maximum atomic E-state index is 12.3. The maximum Gasteiger partial charge on any atom is 0.471 e.